The van der Waals surface area contributed by atoms with Crippen LogP contribution in [-0.4, -0.2) is 124 Å². The number of pyridine rings is 1. The first-order chi connectivity index (χ1) is 29.0. The predicted octanol–water partition coefficient (Wildman–Crippen LogP) is 2.33. The lowest BCUT2D eigenvalue weighted by atomic mass is 9.45. The summed E-state index contributed by atoms with van der Waals surface area (Å²) in [6.45, 7) is 8.64. The summed E-state index contributed by atoms with van der Waals surface area (Å²) >= 11 is 0. The van der Waals surface area contributed by atoms with Gasteiger partial charge in [-0.05, 0) is 38.1 Å². The van der Waals surface area contributed by atoms with Gasteiger partial charge in [0.1, 0.15) is 42.0 Å². The van der Waals surface area contributed by atoms with Crippen LogP contribution >= 0.6 is 0 Å². The van der Waals surface area contributed by atoms with E-state index < -0.39 is 138 Å². The van der Waals surface area contributed by atoms with Gasteiger partial charge in [0.05, 0.1) is 28.7 Å². The lowest BCUT2D eigenvalue weighted by molar-refractivity contribution is -0.386. The molecule has 19 nitrogen and oxygen atoms in total. The number of aromatic nitrogens is 1. The third-order valence-electron chi connectivity index (χ3n) is 12.4. The highest BCUT2D eigenvalue weighted by atomic mass is 16.7. The molecule has 1 aromatic carbocycles. The molecule has 2 aliphatic heterocycles. The summed E-state index contributed by atoms with van der Waals surface area (Å²) in [5.41, 5.74) is -10.4. The molecule has 6 rings (SSSR count). The van der Waals surface area contributed by atoms with Crippen LogP contribution in [0.1, 0.15) is 94.6 Å². The van der Waals surface area contributed by atoms with Gasteiger partial charge in [-0.25, -0.2) is 9.59 Å². The number of rotatable bonds is 8. The Bertz CT molecular complexity index is 2160. The molecule has 4 bridgehead atoms. The standard InChI is InChI=1S/C43H49NO18/c1-20-21(2)37(50)61-34-32(57-24(5)47)36(59-26(7)49)42(19-54-22(3)45)35(58-25(6)48)31(56-23(4)46)29-33(60-38(51)27-14-11-10-12-15-27)43(42,41(34,9)53)62-40(29,8)18-55-39(52)28-16-13-17-44-30(20)28/h10-17,20-21,29,31-36,53H,18-19H2,1-9H3/t20-,21-,29+,31+,32-,33+,34-,35+,36-,40-,41-,42+,43-/m1/s1. The van der Waals surface area contributed by atoms with Crippen LogP contribution in [0.15, 0.2) is 48.7 Å². The van der Waals surface area contributed by atoms with Gasteiger partial charge in [-0.3, -0.25) is 33.8 Å². The van der Waals surface area contributed by atoms with Gasteiger partial charge in [0, 0.05) is 46.7 Å². The van der Waals surface area contributed by atoms with Crippen LogP contribution in [0.3, 0.4) is 0 Å². The van der Waals surface area contributed by atoms with E-state index in [2.05, 4.69) is 4.98 Å². The summed E-state index contributed by atoms with van der Waals surface area (Å²) in [6, 6.07) is 10.4. The van der Waals surface area contributed by atoms with Crippen molar-refractivity contribution in [2.75, 3.05) is 13.2 Å². The number of aliphatic hydroxyl groups is 1. The molecule has 3 heterocycles. The molecule has 1 aromatic heterocycles. The molecule has 62 heavy (non-hydrogen) atoms. The molecule has 13 atom stereocenters. The third kappa shape index (κ3) is 7.43. The van der Waals surface area contributed by atoms with Gasteiger partial charge in [0.2, 0.25) is 0 Å². The summed E-state index contributed by atoms with van der Waals surface area (Å²) in [7, 11) is 0. The minimum atomic E-state index is -2.87. The van der Waals surface area contributed by atoms with Gasteiger partial charge < -0.3 is 47.7 Å². The van der Waals surface area contributed by atoms with Crippen molar-refractivity contribution >= 4 is 47.8 Å². The Balaban J connectivity index is 1.81. The highest BCUT2D eigenvalue weighted by Crippen LogP contribution is 2.70. The summed E-state index contributed by atoms with van der Waals surface area (Å²) in [4.78, 5) is 114. The molecule has 334 valence electrons. The number of ether oxygens (including phenoxy) is 9. The van der Waals surface area contributed by atoms with E-state index in [-0.39, 0.29) is 16.8 Å². The van der Waals surface area contributed by atoms with Gasteiger partial charge in [0.25, 0.3) is 0 Å². The molecular weight excluding hydrogens is 818 g/mol. The lowest BCUT2D eigenvalue weighted by Gasteiger charge is -2.67. The van der Waals surface area contributed by atoms with Crippen LogP contribution < -0.4 is 0 Å². The predicted molar refractivity (Wildman–Crippen MR) is 205 cm³/mol. The molecule has 2 aromatic rings. The Morgan fingerprint density at radius 3 is 1.90 bits per heavy atom. The molecule has 0 amide bonds. The van der Waals surface area contributed by atoms with Gasteiger partial charge in [-0.1, -0.05) is 32.0 Å². The van der Waals surface area contributed by atoms with Crippen LogP contribution in [0.5, 0.6) is 0 Å². The van der Waals surface area contributed by atoms with E-state index in [0.29, 0.717) is 0 Å². The Morgan fingerprint density at radius 1 is 0.742 bits per heavy atom. The average Bonchev–Trinajstić information content (AvgIpc) is 3.42. The van der Waals surface area contributed by atoms with Crippen LogP contribution in [0.4, 0.5) is 0 Å². The number of nitrogens with zero attached hydrogens (tertiary/aromatic N) is 1. The monoisotopic (exact) mass is 867 g/mol. The topological polar surface area (TPSA) is 253 Å². The molecule has 2 saturated carbocycles. The van der Waals surface area contributed by atoms with E-state index in [0.717, 1.165) is 41.5 Å². The van der Waals surface area contributed by atoms with Crippen LogP contribution in [0.25, 0.3) is 0 Å². The number of benzene rings is 1. The minimum Gasteiger partial charge on any atom is -0.465 e. The second kappa shape index (κ2) is 16.7. The zero-order valence-electron chi connectivity index (χ0n) is 35.6. The fourth-order valence-electron chi connectivity index (χ4n) is 9.83. The Morgan fingerprint density at radius 2 is 1.32 bits per heavy atom. The molecule has 1 spiro atoms. The Labute approximate surface area is 355 Å². The molecule has 3 fully saturated rings. The van der Waals surface area contributed by atoms with Gasteiger partial charge in [-0.2, -0.15) is 0 Å². The molecule has 2 aliphatic carbocycles. The summed E-state index contributed by atoms with van der Waals surface area (Å²) in [6.07, 6.45) is -10.8. The van der Waals surface area contributed by atoms with Gasteiger partial charge in [-0.15, -0.1) is 0 Å². The maximum absolute atomic E-state index is 14.5. The molecule has 0 radical (unpaired) electrons. The van der Waals surface area contributed by atoms with Crippen LogP contribution in [0.2, 0.25) is 0 Å². The van der Waals surface area contributed by atoms with E-state index >= 15 is 0 Å². The second-order valence-electron chi connectivity index (χ2n) is 16.5. The first-order valence-electron chi connectivity index (χ1n) is 19.9. The number of carbonyl (C=O) groups excluding carboxylic acids is 8. The number of esters is 8. The van der Waals surface area contributed by atoms with Crippen molar-refractivity contribution in [3.8, 4) is 0 Å². The van der Waals surface area contributed by atoms with Crippen molar-refractivity contribution in [2.24, 2.45) is 17.3 Å². The summed E-state index contributed by atoms with van der Waals surface area (Å²) in [5.74, 6) is -11.9. The number of carbonyl (C=O) groups is 8. The smallest absolute Gasteiger partial charge is 0.340 e. The highest BCUT2D eigenvalue weighted by Gasteiger charge is 2.92. The molecule has 19 heteroatoms. The number of hydrogen-bond acceptors (Lipinski definition) is 19. The molecule has 0 unspecified atom stereocenters. The average molecular weight is 868 g/mol. The van der Waals surface area contributed by atoms with Crippen molar-refractivity contribution in [2.45, 2.75) is 122 Å². The van der Waals surface area contributed by atoms with E-state index in [4.69, 9.17) is 42.6 Å². The van der Waals surface area contributed by atoms with E-state index in [9.17, 15) is 43.5 Å². The number of cyclic esters (lactones) is 1. The normalized spacial score (nSPS) is 36.0. The number of hydrogen-bond donors (Lipinski definition) is 1. The highest BCUT2D eigenvalue weighted by molar-refractivity contribution is 5.91. The van der Waals surface area contributed by atoms with Gasteiger partial charge >= 0.3 is 47.8 Å². The Kier molecular flexibility index (Phi) is 12.3. The quantitative estimate of drug-likeness (QED) is 0.295. The molecule has 4 aliphatic rings. The molecule has 1 N–H and O–H groups in total. The van der Waals surface area contributed by atoms with Crippen molar-refractivity contribution in [3.63, 3.8) is 0 Å². The van der Waals surface area contributed by atoms with Crippen molar-refractivity contribution < 1.29 is 86.1 Å². The van der Waals surface area contributed by atoms with E-state index in [1.807, 2.05) is 0 Å². The summed E-state index contributed by atoms with van der Waals surface area (Å²) in [5, 5.41) is 13.7. The molecule has 1 saturated heterocycles. The maximum atomic E-state index is 14.5. The van der Waals surface area contributed by atoms with Crippen LogP contribution in [0, 0.1) is 17.3 Å². The molecular formula is C43H49NO18. The Hall–Kier alpha value is -5.95. The van der Waals surface area contributed by atoms with E-state index in [1.54, 1.807) is 13.0 Å². The summed E-state index contributed by atoms with van der Waals surface area (Å²) < 4.78 is 55.4. The largest absolute Gasteiger partial charge is 0.465 e. The number of fused-ring (bicyclic) bond motifs is 5. The van der Waals surface area contributed by atoms with Crippen molar-refractivity contribution in [1.29, 1.82) is 0 Å². The van der Waals surface area contributed by atoms with Crippen molar-refractivity contribution in [1.82, 2.24) is 4.98 Å². The van der Waals surface area contributed by atoms with E-state index in [1.165, 1.54) is 56.4 Å². The van der Waals surface area contributed by atoms with Gasteiger partial charge in [0.15, 0.2) is 30.0 Å². The zero-order valence-corrected chi connectivity index (χ0v) is 35.6. The third-order valence-corrected chi connectivity index (χ3v) is 12.4. The first kappa shape index (κ1) is 45.6. The van der Waals surface area contributed by atoms with Crippen LogP contribution in [-0.2, 0) is 71.4 Å². The zero-order chi connectivity index (χ0) is 45.7. The first-order valence-corrected chi connectivity index (χ1v) is 19.9. The lowest BCUT2D eigenvalue weighted by Crippen LogP contribution is -2.89. The second-order valence-corrected chi connectivity index (χ2v) is 16.5. The fraction of sp³-hybridized carbons (Fsp3) is 0.558. The van der Waals surface area contributed by atoms with Crippen molar-refractivity contribution in [3.05, 3.63) is 65.5 Å². The SMILES string of the molecule is CC(=O)OC[C@]12[C@H](OC(C)=O)[C@H](OC(C)=O)[C@H]3OC(=O)[C@H](C)[C@@H](C)c4ncccc4C(=O)OC[C@@]4(C)O[C@]1([C@@H](OC(=O)c1ccccc1)[C@@H]4[C@H](OC(C)=O)[C@@H]2OC(C)=O)[C@]3(C)O. The fourth-order valence-corrected chi connectivity index (χ4v) is 9.83. The minimum absolute atomic E-state index is 0.0290. The maximum Gasteiger partial charge on any atom is 0.340 e.